The van der Waals surface area contributed by atoms with E-state index >= 15 is 0 Å². The van der Waals surface area contributed by atoms with E-state index in [2.05, 4.69) is 0 Å². The zero-order valence-corrected chi connectivity index (χ0v) is 12.9. The predicted octanol–water partition coefficient (Wildman–Crippen LogP) is 0.769. The van der Waals surface area contributed by atoms with Gasteiger partial charge in [-0.25, -0.2) is 12.7 Å². The molecule has 2 aliphatic rings. The van der Waals surface area contributed by atoms with Gasteiger partial charge in [-0.2, -0.15) is 0 Å². The van der Waals surface area contributed by atoms with E-state index in [1.165, 1.54) is 11.4 Å². The van der Waals surface area contributed by atoms with E-state index in [-0.39, 0.29) is 6.10 Å². The fraction of sp³-hybridized carbons (Fsp3) is 0.923. The van der Waals surface area contributed by atoms with Crippen LogP contribution in [-0.2, 0) is 24.3 Å². The molecule has 1 heterocycles. The maximum atomic E-state index is 12.7. The molecule has 116 valence electrons. The quantitative estimate of drug-likeness (QED) is 0.717. The molecule has 0 N–H and O–H groups in total. The topological polar surface area (TPSA) is 72.9 Å². The van der Waals surface area contributed by atoms with Crippen molar-refractivity contribution in [2.45, 2.75) is 43.5 Å². The summed E-state index contributed by atoms with van der Waals surface area (Å²) in [6.07, 6.45) is 3.48. The Morgan fingerprint density at radius 3 is 2.30 bits per heavy atom. The molecule has 2 fully saturated rings. The molecule has 2 rings (SSSR count). The molecule has 0 radical (unpaired) electrons. The Bertz CT molecular complexity index is 442. The Hall–Kier alpha value is -0.660. The van der Waals surface area contributed by atoms with Crippen LogP contribution in [0.5, 0.6) is 0 Å². The lowest BCUT2D eigenvalue weighted by Crippen LogP contribution is -2.47. The number of hydrogen-bond donors (Lipinski definition) is 0. The smallest absolute Gasteiger partial charge is 0.310 e. The molecule has 7 heteroatoms. The van der Waals surface area contributed by atoms with Gasteiger partial charge >= 0.3 is 5.97 Å². The highest BCUT2D eigenvalue weighted by Gasteiger charge is 2.45. The Morgan fingerprint density at radius 1 is 1.10 bits per heavy atom. The molecule has 0 bridgehead atoms. The SMILES string of the molecule is COC(=O)C1CCCC1S(=O)(=O)N1CCC(OC)CC1. The van der Waals surface area contributed by atoms with Crippen molar-refractivity contribution in [3.05, 3.63) is 0 Å². The van der Waals surface area contributed by atoms with Crippen LogP contribution in [0.2, 0.25) is 0 Å². The van der Waals surface area contributed by atoms with Gasteiger partial charge in [0.05, 0.1) is 24.4 Å². The number of carbonyl (C=O) groups excluding carboxylic acids is 1. The van der Waals surface area contributed by atoms with Gasteiger partial charge in [-0.15, -0.1) is 0 Å². The van der Waals surface area contributed by atoms with Crippen molar-refractivity contribution in [3.8, 4) is 0 Å². The van der Waals surface area contributed by atoms with Crippen LogP contribution in [-0.4, -0.2) is 57.4 Å². The lowest BCUT2D eigenvalue weighted by molar-refractivity contribution is -0.145. The van der Waals surface area contributed by atoms with E-state index in [0.29, 0.717) is 38.8 Å². The minimum Gasteiger partial charge on any atom is -0.469 e. The third-order valence-electron chi connectivity index (χ3n) is 4.43. The lowest BCUT2D eigenvalue weighted by Gasteiger charge is -2.33. The van der Waals surface area contributed by atoms with Gasteiger partial charge < -0.3 is 9.47 Å². The molecule has 0 aromatic heterocycles. The molecule has 6 nitrogen and oxygen atoms in total. The summed E-state index contributed by atoms with van der Waals surface area (Å²) in [7, 11) is -0.455. The molecule has 0 amide bonds. The number of carbonyl (C=O) groups is 1. The van der Waals surface area contributed by atoms with Gasteiger partial charge in [0.15, 0.2) is 0 Å². The molecule has 2 atom stereocenters. The summed E-state index contributed by atoms with van der Waals surface area (Å²) < 4.78 is 36.9. The van der Waals surface area contributed by atoms with Crippen molar-refractivity contribution in [2.75, 3.05) is 27.3 Å². The van der Waals surface area contributed by atoms with E-state index < -0.39 is 27.2 Å². The summed E-state index contributed by atoms with van der Waals surface area (Å²) in [5.41, 5.74) is 0. The molecule has 1 aliphatic heterocycles. The van der Waals surface area contributed by atoms with Crippen molar-refractivity contribution in [2.24, 2.45) is 5.92 Å². The normalized spacial score (nSPS) is 29.5. The van der Waals surface area contributed by atoms with Gasteiger partial charge in [-0.1, -0.05) is 6.42 Å². The second-order valence-corrected chi connectivity index (χ2v) is 7.63. The van der Waals surface area contributed by atoms with Crippen molar-refractivity contribution in [3.63, 3.8) is 0 Å². The van der Waals surface area contributed by atoms with Crippen LogP contribution in [0.1, 0.15) is 32.1 Å². The number of ether oxygens (including phenoxy) is 2. The van der Waals surface area contributed by atoms with Crippen LogP contribution in [0.25, 0.3) is 0 Å². The molecule has 0 spiro atoms. The fourth-order valence-electron chi connectivity index (χ4n) is 3.22. The first-order valence-electron chi connectivity index (χ1n) is 7.10. The highest BCUT2D eigenvalue weighted by Crippen LogP contribution is 2.34. The monoisotopic (exact) mass is 305 g/mol. The largest absolute Gasteiger partial charge is 0.469 e. The molecule has 0 aromatic carbocycles. The van der Waals surface area contributed by atoms with Crippen LogP contribution in [0.4, 0.5) is 0 Å². The summed E-state index contributed by atoms with van der Waals surface area (Å²) in [6, 6.07) is 0. The second kappa shape index (κ2) is 6.41. The van der Waals surface area contributed by atoms with Crippen molar-refractivity contribution < 1.29 is 22.7 Å². The molecular weight excluding hydrogens is 282 g/mol. The van der Waals surface area contributed by atoms with E-state index in [1.807, 2.05) is 0 Å². The third-order valence-corrected chi connectivity index (χ3v) is 6.85. The minimum atomic E-state index is -3.42. The summed E-state index contributed by atoms with van der Waals surface area (Å²) in [6.45, 7) is 0.955. The number of nitrogens with zero attached hydrogens (tertiary/aromatic N) is 1. The fourth-order valence-corrected chi connectivity index (χ4v) is 5.45. The number of piperidine rings is 1. The van der Waals surface area contributed by atoms with Crippen LogP contribution in [0.15, 0.2) is 0 Å². The average Bonchev–Trinajstić information content (AvgIpc) is 2.96. The van der Waals surface area contributed by atoms with Crippen LogP contribution < -0.4 is 0 Å². The minimum absolute atomic E-state index is 0.140. The first kappa shape index (κ1) is 15.7. The van der Waals surface area contributed by atoms with Gasteiger partial charge in [0.1, 0.15) is 0 Å². The summed E-state index contributed by atoms with van der Waals surface area (Å²) >= 11 is 0. The summed E-state index contributed by atoms with van der Waals surface area (Å²) in [4.78, 5) is 11.7. The van der Waals surface area contributed by atoms with Gasteiger partial charge in [-0.3, -0.25) is 4.79 Å². The standard InChI is InChI=1S/C13H23NO5S/c1-18-10-6-8-14(9-7-10)20(16,17)12-5-3-4-11(12)13(15)19-2/h10-12H,3-9H2,1-2H3. The third kappa shape index (κ3) is 2.99. The first-order chi connectivity index (χ1) is 9.50. The van der Waals surface area contributed by atoms with Crippen LogP contribution >= 0.6 is 0 Å². The van der Waals surface area contributed by atoms with Crippen molar-refractivity contribution in [1.82, 2.24) is 4.31 Å². The van der Waals surface area contributed by atoms with Gasteiger partial charge in [0.25, 0.3) is 0 Å². The maximum absolute atomic E-state index is 12.7. The number of sulfonamides is 1. The number of methoxy groups -OCH3 is 2. The second-order valence-electron chi connectivity index (χ2n) is 5.48. The maximum Gasteiger partial charge on any atom is 0.310 e. The Balaban J connectivity index is 2.08. The zero-order chi connectivity index (χ0) is 14.8. The molecule has 1 saturated heterocycles. The van der Waals surface area contributed by atoms with E-state index in [0.717, 1.165) is 6.42 Å². The molecule has 2 unspecified atom stereocenters. The van der Waals surface area contributed by atoms with Gasteiger partial charge in [0, 0.05) is 20.2 Å². The van der Waals surface area contributed by atoms with Crippen LogP contribution in [0.3, 0.4) is 0 Å². The molecule has 1 saturated carbocycles. The van der Waals surface area contributed by atoms with E-state index in [4.69, 9.17) is 9.47 Å². The highest BCUT2D eigenvalue weighted by molar-refractivity contribution is 7.89. The zero-order valence-electron chi connectivity index (χ0n) is 12.1. The van der Waals surface area contributed by atoms with Crippen molar-refractivity contribution in [1.29, 1.82) is 0 Å². The van der Waals surface area contributed by atoms with Crippen molar-refractivity contribution >= 4 is 16.0 Å². The van der Waals surface area contributed by atoms with E-state index in [9.17, 15) is 13.2 Å². The first-order valence-corrected chi connectivity index (χ1v) is 8.60. The average molecular weight is 305 g/mol. The summed E-state index contributed by atoms with van der Waals surface area (Å²) in [5, 5.41) is -0.617. The highest BCUT2D eigenvalue weighted by atomic mass is 32.2. The number of esters is 1. The Morgan fingerprint density at radius 2 is 1.75 bits per heavy atom. The Labute approximate surface area is 120 Å². The molecule has 1 aliphatic carbocycles. The summed E-state index contributed by atoms with van der Waals surface area (Å²) in [5.74, 6) is -0.909. The van der Waals surface area contributed by atoms with Crippen LogP contribution in [0, 0.1) is 5.92 Å². The lowest BCUT2D eigenvalue weighted by atomic mass is 10.1. The molecule has 20 heavy (non-hydrogen) atoms. The Kier molecular flexibility index (Phi) is 5.04. The van der Waals surface area contributed by atoms with Gasteiger partial charge in [0.2, 0.25) is 10.0 Å². The molecular formula is C13H23NO5S. The number of hydrogen-bond acceptors (Lipinski definition) is 5. The molecule has 0 aromatic rings. The van der Waals surface area contributed by atoms with E-state index in [1.54, 1.807) is 7.11 Å². The number of rotatable bonds is 4. The predicted molar refractivity (Wildman–Crippen MR) is 73.7 cm³/mol. The van der Waals surface area contributed by atoms with Gasteiger partial charge in [-0.05, 0) is 25.7 Å².